The van der Waals surface area contributed by atoms with Crippen molar-refractivity contribution in [1.82, 2.24) is 14.9 Å². The first-order valence-electron chi connectivity index (χ1n) is 7.00. The third-order valence-corrected chi connectivity index (χ3v) is 3.89. The van der Waals surface area contributed by atoms with Crippen LogP contribution in [0.4, 0.5) is 5.82 Å². The van der Waals surface area contributed by atoms with E-state index in [0.717, 1.165) is 42.8 Å². The van der Waals surface area contributed by atoms with Gasteiger partial charge in [0.05, 0.1) is 11.7 Å². The molecule has 0 aromatic carbocycles. The largest absolute Gasteiger partial charge is 0.370 e. The summed E-state index contributed by atoms with van der Waals surface area (Å²) < 4.78 is 0. The number of aromatic nitrogens is 2. The lowest BCUT2D eigenvalue weighted by molar-refractivity contribution is -0.136. The molecule has 1 saturated heterocycles. The second-order valence-electron chi connectivity index (χ2n) is 5.57. The number of hydrogen-bond acceptors (Lipinski definition) is 4. The zero-order chi connectivity index (χ0) is 13.4. The number of likely N-dealkylation sites (tertiary alicyclic amines) is 1. The topological polar surface area (TPSA) is 58.1 Å². The highest BCUT2D eigenvalue weighted by molar-refractivity contribution is 5.74. The lowest BCUT2D eigenvalue weighted by atomic mass is 9.99. The van der Waals surface area contributed by atoms with Gasteiger partial charge in [-0.3, -0.25) is 4.79 Å². The molecule has 5 heteroatoms. The zero-order valence-corrected chi connectivity index (χ0v) is 11.5. The molecule has 2 fully saturated rings. The zero-order valence-electron chi connectivity index (χ0n) is 11.5. The Balaban J connectivity index is 1.74. The third-order valence-electron chi connectivity index (χ3n) is 3.89. The number of rotatable bonds is 4. The Morgan fingerprint density at radius 2 is 2.21 bits per heavy atom. The van der Waals surface area contributed by atoms with Gasteiger partial charge in [-0.25, -0.2) is 9.97 Å². The second-order valence-corrected chi connectivity index (χ2v) is 5.57. The van der Waals surface area contributed by atoms with E-state index in [-0.39, 0.29) is 11.9 Å². The van der Waals surface area contributed by atoms with E-state index in [1.165, 1.54) is 12.8 Å². The van der Waals surface area contributed by atoms with Crippen LogP contribution >= 0.6 is 0 Å². The molecule has 1 saturated carbocycles. The monoisotopic (exact) mass is 260 g/mol. The van der Waals surface area contributed by atoms with Crippen LogP contribution in [0.1, 0.15) is 43.7 Å². The van der Waals surface area contributed by atoms with Crippen molar-refractivity contribution in [2.24, 2.45) is 5.92 Å². The third kappa shape index (κ3) is 2.69. The molecule has 2 heterocycles. The summed E-state index contributed by atoms with van der Waals surface area (Å²) in [6.45, 7) is 5.36. The van der Waals surface area contributed by atoms with Gasteiger partial charge in [0.25, 0.3) is 0 Å². The fourth-order valence-electron chi connectivity index (χ4n) is 2.49. The first kappa shape index (κ1) is 12.4. The molecule has 0 radical (unpaired) electrons. The minimum Gasteiger partial charge on any atom is -0.370 e. The molecule has 1 amide bonds. The normalized spacial score (nSPS) is 22.0. The number of nitrogens with one attached hydrogen (secondary N) is 1. The van der Waals surface area contributed by atoms with Crippen LogP contribution in [0, 0.1) is 12.8 Å². The van der Waals surface area contributed by atoms with Crippen molar-refractivity contribution in [3.8, 4) is 0 Å². The smallest absolute Gasteiger partial charge is 0.220 e. The second kappa shape index (κ2) is 4.79. The highest BCUT2D eigenvalue weighted by atomic mass is 16.2. The van der Waals surface area contributed by atoms with Crippen LogP contribution < -0.4 is 5.32 Å². The highest BCUT2D eigenvalue weighted by Gasteiger charge is 2.32. The maximum Gasteiger partial charge on any atom is 0.220 e. The fourth-order valence-corrected chi connectivity index (χ4v) is 2.49. The van der Waals surface area contributed by atoms with Crippen molar-refractivity contribution in [2.75, 3.05) is 18.4 Å². The first-order chi connectivity index (χ1) is 9.13. The van der Waals surface area contributed by atoms with Gasteiger partial charge in [0, 0.05) is 26.1 Å². The number of hydrogen-bond donors (Lipinski definition) is 1. The summed E-state index contributed by atoms with van der Waals surface area (Å²) in [6, 6.07) is 2.13. The van der Waals surface area contributed by atoms with Gasteiger partial charge in [0.1, 0.15) is 11.6 Å². The molecule has 1 aliphatic heterocycles. The van der Waals surface area contributed by atoms with Crippen molar-refractivity contribution in [1.29, 1.82) is 0 Å². The molecule has 1 aromatic heterocycles. The molecule has 1 N–H and O–H groups in total. The van der Waals surface area contributed by atoms with E-state index < -0.39 is 0 Å². The van der Waals surface area contributed by atoms with E-state index in [1.807, 2.05) is 17.9 Å². The Morgan fingerprint density at radius 1 is 1.42 bits per heavy atom. The molecule has 19 heavy (non-hydrogen) atoms. The Labute approximate surface area is 113 Å². The lowest BCUT2D eigenvalue weighted by Crippen LogP contribution is -2.44. The number of aryl methyl sites for hydroxylation is 1. The van der Waals surface area contributed by atoms with Gasteiger partial charge in [-0.2, -0.15) is 0 Å². The number of nitrogens with zero attached hydrogens (tertiary/aromatic N) is 3. The summed E-state index contributed by atoms with van der Waals surface area (Å²) in [5.74, 6) is 2.60. The van der Waals surface area contributed by atoms with Gasteiger partial charge < -0.3 is 10.2 Å². The summed E-state index contributed by atoms with van der Waals surface area (Å²) in [5, 5.41) is 3.38. The number of amides is 1. The minimum absolute atomic E-state index is 0.125. The van der Waals surface area contributed by atoms with Crippen LogP contribution in [0.3, 0.4) is 0 Å². The average Bonchev–Trinajstić information content (AvgIpc) is 3.06. The predicted octanol–water partition coefficient (Wildman–Crippen LogP) is 1.90. The van der Waals surface area contributed by atoms with Crippen LogP contribution in [0.2, 0.25) is 0 Å². The molecular weight excluding hydrogens is 240 g/mol. The van der Waals surface area contributed by atoms with Crippen molar-refractivity contribution < 1.29 is 4.79 Å². The average molecular weight is 260 g/mol. The SMILES string of the molecule is CC(=O)N1CC[C@H]1c1cc(NCC2CC2)nc(C)n1. The molecule has 1 aromatic rings. The van der Waals surface area contributed by atoms with Crippen LogP contribution in [0.15, 0.2) is 6.07 Å². The molecule has 2 aliphatic rings. The number of carbonyl (C=O) groups is 1. The maximum absolute atomic E-state index is 11.5. The van der Waals surface area contributed by atoms with Crippen molar-refractivity contribution in [3.05, 3.63) is 17.6 Å². The minimum atomic E-state index is 0.125. The molecule has 3 rings (SSSR count). The Hall–Kier alpha value is -1.65. The first-order valence-corrected chi connectivity index (χ1v) is 7.00. The molecule has 1 aliphatic carbocycles. The Morgan fingerprint density at radius 3 is 2.79 bits per heavy atom. The van der Waals surface area contributed by atoms with E-state index in [1.54, 1.807) is 6.92 Å². The molecule has 5 nitrogen and oxygen atoms in total. The fraction of sp³-hybridized carbons (Fsp3) is 0.643. The molecule has 0 spiro atoms. The van der Waals surface area contributed by atoms with Gasteiger partial charge in [-0.15, -0.1) is 0 Å². The molecule has 102 valence electrons. The standard InChI is InChI=1S/C14H20N4O/c1-9-16-12(13-5-6-18(13)10(2)19)7-14(17-9)15-8-11-3-4-11/h7,11,13H,3-6,8H2,1-2H3,(H,15,16,17)/t13-/m0/s1. The van der Waals surface area contributed by atoms with Crippen LogP contribution in [0.5, 0.6) is 0 Å². The van der Waals surface area contributed by atoms with Crippen molar-refractivity contribution >= 4 is 11.7 Å². The van der Waals surface area contributed by atoms with Crippen LogP contribution in [0.25, 0.3) is 0 Å². The van der Waals surface area contributed by atoms with Gasteiger partial charge in [-0.1, -0.05) is 0 Å². The van der Waals surface area contributed by atoms with Crippen LogP contribution in [-0.4, -0.2) is 33.9 Å². The summed E-state index contributed by atoms with van der Waals surface area (Å²) in [5.41, 5.74) is 0.965. The van der Waals surface area contributed by atoms with Gasteiger partial charge in [-0.05, 0) is 32.1 Å². The summed E-state index contributed by atoms with van der Waals surface area (Å²) in [6.07, 6.45) is 3.65. The summed E-state index contributed by atoms with van der Waals surface area (Å²) >= 11 is 0. The predicted molar refractivity (Wildman–Crippen MR) is 72.7 cm³/mol. The molecule has 1 atom stereocenters. The lowest BCUT2D eigenvalue weighted by Gasteiger charge is -2.40. The van der Waals surface area contributed by atoms with Crippen molar-refractivity contribution in [3.63, 3.8) is 0 Å². The highest BCUT2D eigenvalue weighted by Crippen LogP contribution is 2.33. The molecule has 0 bridgehead atoms. The van der Waals surface area contributed by atoms with Gasteiger partial charge in [0.15, 0.2) is 0 Å². The van der Waals surface area contributed by atoms with E-state index in [2.05, 4.69) is 15.3 Å². The van der Waals surface area contributed by atoms with Crippen molar-refractivity contribution in [2.45, 2.75) is 39.2 Å². The Bertz CT molecular complexity index is 498. The summed E-state index contributed by atoms with van der Waals surface area (Å²) in [7, 11) is 0. The van der Waals surface area contributed by atoms with Gasteiger partial charge >= 0.3 is 0 Å². The maximum atomic E-state index is 11.5. The van der Waals surface area contributed by atoms with E-state index in [0.29, 0.717) is 0 Å². The number of carbonyl (C=O) groups excluding carboxylic acids is 1. The summed E-state index contributed by atoms with van der Waals surface area (Å²) in [4.78, 5) is 22.2. The quantitative estimate of drug-likeness (QED) is 0.898. The van der Waals surface area contributed by atoms with E-state index in [4.69, 9.17) is 0 Å². The van der Waals surface area contributed by atoms with E-state index >= 15 is 0 Å². The molecule has 0 unspecified atom stereocenters. The number of anilines is 1. The molecular formula is C14H20N4O. The van der Waals surface area contributed by atoms with Crippen LogP contribution in [-0.2, 0) is 4.79 Å². The van der Waals surface area contributed by atoms with E-state index in [9.17, 15) is 4.79 Å². The van der Waals surface area contributed by atoms with Gasteiger partial charge in [0.2, 0.25) is 5.91 Å². The Kier molecular flexibility index (Phi) is 3.12.